The first-order chi connectivity index (χ1) is 11.0. The van der Waals surface area contributed by atoms with Crippen LogP contribution in [0.15, 0.2) is 24.3 Å². The third-order valence-electron chi connectivity index (χ3n) is 4.12. The van der Waals surface area contributed by atoms with E-state index in [2.05, 4.69) is 22.7 Å². The van der Waals surface area contributed by atoms with Gasteiger partial charge >= 0.3 is 0 Å². The monoisotopic (exact) mass is 314 g/mol. The van der Waals surface area contributed by atoms with E-state index in [0.717, 1.165) is 35.7 Å². The Labute approximate surface area is 138 Å². The molecule has 23 heavy (non-hydrogen) atoms. The summed E-state index contributed by atoms with van der Waals surface area (Å²) in [5.74, 6) is 0.0385. The van der Waals surface area contributed by atoms with Crippen molar-refractivity contribution in [2.24, 2.45) is 7.05 Å². The molecule has 0 radical (unpaired) electrons. The first kappa shape index (κ1) is 17.2. The van der Waals surface area contributed by atoms with Gasteiger partial charge in [-0.1, -0.05) is 25.1 Å². The topological polar surface area (TPSA) is 58.9 Å². The number of carbonyl (C=O) groups is 1. The van der Waals surface area contributed by atoms with E-state index in [1.54, 1.807) is 0 Å². The maximum absolute atomic E-state index is 12.3. The van der Waals surface area contributed by atoms with Gasteiger partial charge in [0, 0.05) is 31.4 Å². The second kappa shape index (κ2) is 7.92. The van der Waals surface area contributed by atoms with Gasteiger partial charge in [0.25, 0.3) is 0 Å². The number of hydrogen-bond donors (Lipinski definition) is 2. The molecule has 5 heteroatoms. The summed E-state index contributed by atoms with van der Waals surface area (Å²) in [4.78, 5) is 12.3. The van der Waals surface area contributed by atoms with Crippen LogP contribution in [-0.4, -0.2) is 22.2 Å². The summed E-state index contributed by atoms with van der Waals surface area (Å²) in [5.41, 5.74) is 5.30. The quantitative estimate of drug-likeness (QED) is 0.826. The van der Waals surface area contributed by atoms with Crippen LogP contribution in [0.3, 0.4) is 0 Å². The van der Waals surface area contributed by atoms with E-state index in [1.807, 2.05) is 49.8 Å². The van der Waals surface area contributed by atoms with Gasteiger partial charge in [-0.3, -0.25) is 9.48 Å². The average Bonchev–Trinajstić information content (AvgIpc) is 2.77. The van der Waals surface area contributed by atoms with Crippen LogP contribution in [0, 0.1) is 13.8 Å². The van der Waals surface area contributed by atoms with Gasteiger partial charge in [-0.15, -0.1) is 0 Å². The normalized spacial score (nSPS) is 10.8. The van der Waals surface area contributed by atoms with Crippen molar-refractivity contribution in [3.63, 3.8) is 0 Å². The zero-order valence-corrected chi connectivity index (χ0v) is 14.4. The Kier molecular flexibility index (Phi) is 5.93. The molecule has 2 rings (SSSR count). The van der Waals surface area contributed by atoms with E-state index in [4.69, 9.17) is 0 Å². The number of carbonyl (C=O) groups excluding carboxylic acids is 1. The van der Waals surface area contributed by atoms with Gasteiger partial charge in [0.15, 0.2) is 0 Å². The van der Waals surface area contributed by atoms with Gasteiger partial charge in [-0.25, -0.2) is 0 Å². The van der Waals surface area contributed by atoms with E-state index >= 15 is 0 Å². The van der Waals surface area contributed by atoms with Crippen molar-refractivity contribution < 1.29 is 4.79 Å². The standard InChI is InChI=1S/C18H26N4O/c1-5-19-12-15-8-6-7-9-17(15)20-18(23)11-10-16-13(2)21-22(4)14(16)3/h6-9,19H,5,10-12H2,1-4H3,(H,20,23). The van der Waals surface area contributed by atoms with Crippen molar-refractivity contribution >= 4 is 11.6 Å². The van der Waals surface area contributed by atoms with E-state index < -0.39 is 0 Å². The number of para-hydroxylation sites is 1. The van der Waals surface area contributed by atoms with E-state index in [1.165, 1.54) is 5.56 Å². The molecule has 2 aromatic rings. The summed E-state index contributed by atoms with van der Waals surface area (Å²) in [6.45, 7) is 7.76. The fourth-order valence-corrected chi connectivity index (χ4v) is 2.69. The molecule has 1 aromatic carbocycles. The molecule has 0 atom stereocenters. The second-order valence-electron chi connectivity index (χ2n) is 5.76. The highest BCUT2D eigenvalue weighted by Gasteiger charge is 2.12. The average molecular weight is 314 g/mol. The van der Waals surface area contributed by atoms with Crippen molar-refractivity contribution in [2.45, 2.75) is 40.2 Å². The largest absolute Gasteiger partial charge is 0.326 e. The molecule has 5 nitrogen and oxygen atoms in total. The van der Waals surface area contributed by atoms with Crippen molar-refractivity contribution in [2.75, 3.05) is 11.9 Å². The Morgan fingerprint density at radius 2 is 2.00 bits per heavy atom. The van der Waals surface area contributed by atoms with Crippen LogP contribution < -0.4 is 10.6 Å². The van der Waals surface area contributed by atoms with Gasteiger partial charge < -0.3 is 10.6 Å². The van der Waals surface area contributed by atoms with E-state index in [0.29, 0.717) is 12.8 Å². The summed E-state index contributed by atoms with van der Waals surface area (Å²) >= 11 is 0. The molecule has 1 amide bonds. The Balaban J connectivity index is 1.97. The maximum Gasteiger partial charge on any atom is 0.224 e. The SMILES string of the molecule is CCNCc1ccccc1NC(=O)CCc1c(C)nn(C)c1C. The molecular weight excluding hydrogens is 288 g/mol. The van der Waals surface area contributed by atoms with Crippen LogP contribution in [0.2, 0.25) is 0 Å². The Bertz CT molecular complexity index is 676. The molecule has 0 bridgehead atoms. The van der Waals surface area contributed by atoms with Crippen LogP contribution in [0.1, 0.15) is 35.9 Å². The van der Waals surface area contributed by atoms with Gasteiger partial charge in [0.1, 0.15) is 0 Å². The lowest BCUT2D eigenvalue weighted by Gasteiger charge is -2.11. The van der Waals surface area contributed by atoms with Gasteiger partial charge in [-0.2, -0.15) is 5.10 Å². The fourth-order valence-electron chi connectivity index (χ4n) is 2.69. The lowest BCUT2D eigenvalue weighted by atomic mass is 10.1. The number of nitrogens with zero attached hydrogens (tertiary/aromatic N) is 2. The fraction of sp³-hybridized carbons (Fsp3) is 0.444. The number of hydrogen-bond acceptors (Lipinski definition) is 3. The number of aromatic nitrogens is 2. The molecule has 0 spiro atoms. The van der Waals surface area contributed by atoms with E-state index in [9.17, 15) is 4.79 Å². The Morgan fingerprint density at radius 3 is 2.65 bits per heavy atom. The first-order valence-electron chi connectivity index (χ1n) is 8.10. The number of nitrogens with one attached hydrogen (secondary N) is 2. The highest BCUT2D eigenvalue weighted by Crippen LogP contribution is 2.17. The summed E-state index contributed by atoms with van der Waals surface area (Å²) in [7, 11) is 1.93. The van der Waals surface area contributed by atoms with E-state index in [-0.39, 0.29) is 5.91 Å². The van der Waals surface area contributed by atoms with Crippen molar-refractivity contribution in [1.29, 1.82) is 0 Å². The number of rotatable bonds is 7. The molecule has 0 aliphatic rings. The highest BCUT2D eigenvalue weighted by atomic mass is 16.1. The number of anilines is 1. The lowest BCUT2D eigenvalue weighted by Crippen LogP contribution is -2.17. The van der Waals surface area contributed by atoms with Gasteiger partial charge in [0.2, 0.25) is 5.91 Å². The molecular formula is C18H26N4O. The molecule has 0 saturated carbocycles. The molecule has 1 aromatic heterocycles. The first-order valence-corrected chi connectivity index (χ1v) is 8.10. The molecule has 0 saturated heterocycles. The third-order valence-corrected chi connectivity index (χ3v) is 4.12. The molecule has 124 valence electrons. The Hall–Kier alpha value is -2.14. The maximum atomic E-state index is 12.3. The minimum absolute atomic E-state index is 0.0385. The second-order valence-corrected chi connectivity index (χ2v) is 5.76. The number of aryl methyl sites for hydroxylation is 2. The predicted molar refractivity (Wildman–Crippen MR) is 93.5 cm³/mol. The summed E-state index contributed by atoms with van der Waals surface area (Å²) in [5, 5.41) is 10.7. The van der Waals surface area contributed by atoms with Crippen LogP contribution in [0.4, 0.5) is 5.69 Å². The highest BCUT2D eigenvalue weighted by molar-refractivity contribution is 5.91. The zero-order chi connectivity index (χ0) is 16.8. The van der Waals surface area contributed by atoms with Crippen molar-refractivity contribution in [3.05, 3.63) is 46.8 Å². The molecule has 0 fully saturated rings. The van der Waals surface area contributed by atoms with Crippen LogP contribution in [0.25, 0.3) is 0 Å². The van der Waals surface area contributed by atoms with Crippen molar-refractivity contribution in [3.8, 4) is 0 Å². The third kappa shape index (κ3) is 4.42. The molecule has 1 heterocycles. The van der Waals surface area contributed by atoms with Crippen LogP contribution >= 0.6 is 0 Å². The van der Waals surface area contributed by atoms with Crippen molar-refractivity contribution in [1.82, 2.24) is 15.1 Å². The number of benzene rings is 1. The molecule has 0 unspecified atom stereocenters. The number of amides is 1. The summed E-state index contributed by atoms with van der Waals surface area (Å²) in [6.07, 6.45) is 1.18. The minimum atomic E-state index is 0.0385. The lowest BCUT2D eigenvalue weighted by molar-refractivity contribution is -0.116. The summed E-state index contributed by atoms with van der Waals surface area (Å²) in [6, 6.07) is 7.92. The molecule has 2 N–H and O–H groups in total. The molecule has 0 aliphatic carbocycles. The smallest absolute Gasteiger partial charge is 0.224 e. The molecule has 0 aliphatic heterocycles. The minimum Gasteiger partial charge on any atom is -0.326 e. The predicted octanol–water partition coefficient (Wildman–Crippen LogP) is 2.72. The zero-order valence-electron chi connectivity index (χ0n) is 14.4. The van der Waals surface area contributed by atoms with Crippen LogP contribution in [-0.2, 0) is 24.8 Å². The Morgan fingerprint density at radius 1 is 1.26 bits per heavy atom. The summed E-state index contributed by atoms with van der Waals surface area (Å²) < 4.78 is 1.87. The van der Waals surface area contributed by atoms with Gasteiger partial charge in [0.05, 0.1) is 5.69 Å². The van der Waals surface area contributed by atoms with Crippen LogP contribution in [0.5, 0.6) is 0 Å². The van der Waals surface area contributed by atoms with Gasteiger partial charge in [-0.05, 0) is 44.0 Å².